The summed E-state index contributed by atoms with van der Waals surface area (Å²) in [6.45, 7) is 0.195. The number of carbonyl (C=O) groups excluding carboxylic acids is 1. The molecular weight excluding hydrogens is 434 g/mol. The molecule has 1 aliphatic rings. The van der Waals surface area contributed by atoms with Gasteiger partial charge in [-0.3, -0.25) is 9.36 Å². The molecule has 1 saturated carbocycles. The molecule has 6 nitrogen and oxygen atoms in total. The van der Waals surface area contributed by atoms with E-state index < -0.39 is 17.5 Å². The highest BCUT2D eigenvalue weighted by atomic mass is 35.5. The molecule has 0 unspecified atom stereocenters. The van der Waals surface area contributed by atoms with Crippen molar-refractivity contribution in [1.29, 1.82) is 0 Å². The molecule has 4 rings (SSSR count). The van der Waals surface area contributed by atoms with Crippen molar-refractivity contribution in [3.05, 3.63) is 64.9 Å². The minimum absolute atomic E-state index is 0.00698. The highest BCUT2D eigenvalue weighted by Crippen LogP contribution is 2.39. The molecule has 1 N–H and O–H groups in total. The molecule has 2 aromatic carbocycles. The van der Waals surface area contributed by atoms with Crippen LogP contribution in [-0.4, -0.2) is 26.4 Å². The molecule has 0 bridgehead atoms. The third-order valence-corrected chi connectivity index (χ3v) is 5.63. The van der Waals surface area contributed by atoms with Crippen molar-refractivity contribution in [1.82, 2.24) is 14.8 Å². The summed E-state index contributed by atoms with van der Waals surface area (Å²) in [6, 6.07) is 10.4. The summed E-state index contributed by atoms with van der Waals surface area (Å²) >= 11 is 7.31. The van der Waals surface area contributed by atoms with Gasteiger partial charge in [0.25, 0.3) is 0 Å². The second kappa shape index (κ2) is 9.01. The lowest BCUT2D eigenvalue weighted by Gasteiger charge is -2.11. The largest absolute Gasteiger partial charge is 0.484 e. The number of aromatic nitrogens is 3. The van der Waals surface area contributed by atoms with Crippen LogP contribution in [0.4, 0.5) is 14.5 Å². The number of halogens is 3. The number of nitrogens with zero attached hydrogens (tertiary/aromatic N) is 3. The molecule has 10 heteroatoms. The van der Waals surface area contributed by atoms with Gasteiger partial charge in [0.15, 0.2) is 11.0 Å². The number of para-hydroxylation sites is 1. The molecule has 3 aromatic rings. The van der Waals surface area contributed by atoms with Gasteiger partial charge in [0, 0.05) is 12.1 Å². The van der Waals surface area contributed by atoms with Crippen LogP contribution in [0.3, 0.4) is 0 Å². The Morgan fingerprint density at radius 2 is 2.03 bits per heavy atom. The van der Waals surface area contributed by atoms with Crippen molar-refractivity contribution < 1.29 is 18.3 Å². The van der Waals surface area contributed by atoms with Gasteiger partial charge in [0.1, 0.15) is 24.0 Å². The molecular formula is C20H17ClF2N4O2S. The maximum Gasteiger partial charge on any atom is 0.234 e. The molecule has 0 atom stereocenters. The average Bonchev–Trinajstić information content (AvgIpc) is 3.48. The number of ether oxygens (including phenoxy) is 1. The number of benzene rings is 2. The zero-order valence-corrected chi connectivity index (χ0v) is 17.2. The maximum absolute atomic E-state index is 13.7. The Hall–Kier alpha value is -2.65. The van der Waals surface area contributed by atoms with E-state index in [4.69, 9.17) is 16.3 Å². The van der Waals surface area contributed by atoms with Gasteiger partial charge < -0.3 is 10.1 Å². The summed E-state index contributed by atoms with van der Waals surface area (Å²) < 4.78 is 34.4. The van der Waals surface area contributed by atoms with E-state index in [9.17, 15) is 13.6 Å². The second-order valence-corrected chi connectivity index (χ2v) is 8.03. The summed E-state index contributed by atoms with van der Waals surface area (Å²) in [7, 11) is 0. The standard InChI is InChI=1S/C20H17ClF2N4O2S/c21-14-3-1-2-4-17(14)29-10-18-25-26-20(27(18)13-6-7-13)30-11-19(28)24-16-8-5-12(22)9-15(16)23/h1-5,8-9,13H,6-7,10-11H2,(H,24,28). The number of hydrogen-bond acceptors (Lipinski definition) is 5. The summed E-state index contributed by atoms with van der Waals surface area (Å²) in [4.78, 5) is 12.2. The van der Waals surface area contributed by atoms with E-state index in [1.807, 2.05) is 16.7 Å². The lowest BCUT2D eigenvalue weighted by atomic mass is 10.3. The number of carbonyl (C=O) groups is 1. The number of hydrogen-bond donors (Lipinski definition) is 1. The minimum Gasteiger partial charge on any atom is -0.484 e. The molecule has 1 fully saturated rings. The van der Waals surface area contributed by atoms with Gasteiger partial charge in [-0.1, -0.05) is 35.5 Å². The average molecular weight is 451 g/mol. The molecule has 0 spiro atoms. The Balaban J connectivity index is 1.39. The molecule has 1 amide bonds. The summed E-state index contributed by atoms with van der Waals surface area (Å²) in [5, 5.41) is 11.9. The predicted octanol–water partition coefficient (Wildman–Crippen LogP) is 4.85. The van der Waals surface area contributed by atoms with Crippen LogP contribution in [0.1, 0.15) is 24.7 Å². The van der Waals surface area contributed by atoms with Crippen LogP contribution >= 0.6 is 23.4 Å². The summed E-state index contributed by atoms with van der Waals surface area (Å²) in [5.74, 6) is -0.751. The zero-order valence-electron chi connectivity index (χ0n) is 15.6. The number of rotatable bonds is 8. The molecule has 0 saturated heterocycles. The SMILES string of the molecule is O=C(CSc1nnc(COc2ccccc2Cl)n1C1CC1)Nc1ccc(F)cc1F. The monoisotopic (exact) mass is 450 g/mol. The topological polar surface area (TPSA) is 69.0 Å². The van der Waals surface area contributed by atoms with Crippen molar-refractivity contribution >= 4 is 35.0 Å². The van der Waals surface area contributed by atoms with E-state index in [-0.39, 0.29) is 24.1 Å². The predicted molar refractivity (Wildman–Crippen MR) is 110 cm³/mol. The Morgan fingerprint density at radius 1 is 1.23 bits per heavy atom. The van der Waals surface area contributed by atoms with E-state index in [2.05, 4.69) is 15.5 Å². The summed E-state index contributed by atoms with van der Waals surface area (Å²) in [6.07, 6.45) is 2.00. The van der Waals surface area contributed by atoms with Crippen molar-refractivity contribution in [2.75, 3.05) is 11.1 Å². The van der Waals surface area contributed by atoms with Crippen molar-refractivity contribution in [2.45, 2.75) is 30.6 Å². The van der Waals surface area contributed by atoms with E-state index in [1.54, 1.807) is 12.1 Å². The number of anilines is 1. The lowest BCUT2D eigenvalue weighted by molar-refractivity contribution is -0.113. The highest BCUT2D eigenvalue weighted by molar-refractivity contribution is 7.99. The Kier molecular flexibility index (Phi) is 6.19. The molecule has 1 aliphatic carbocycles. The van der Waals surface area contributed by atoms with Gasteiger partial charge in [-0.25, -0.2) is 8.78 Å². The van der Waals surface area contributed by atoms with Gasteiger partial charge >= 0.3 is 0 Å². The fourth-order valence-corrected chi connectivity index (χ4v) is 3.83. The molecule has 30 heavy (non-hydrogen) atoms. The van der Waals surface area contributed by atoms with Crippen LogP contribution in [0.2, 0.25) is 5.02 Å². The lowest BCUT2D eigenvalue weighted by Crippen LogP contribution is -2.16. The van der Waals surface area contributed by atoms with E-state index in [0.717, 1.165) is 25.0 Å². The zero-order chi connectivity index (χ0) is 21.1. The van der Waals surface area contributed by atoms with Crippen LogP contribution in [0, 0.1) is 11.6 Å². The minimum atomic E-state index is -0.825. The molecule has 0 radical (unpaired) electrons. The first-order valence-electron chi connectivity index (χ1n) is 9.20. The third kappa shape index (κ3) is 4.91. The van der Waals surface area contributed by atoms with Crippen molar-refractivity contribution in [3.63, 3.8) is 0 Å². The normalized spacial score (nSPS) is 13.3. The third-order valence-electron chi connectivity index (χ3n) is 4.38. The Bertz CT molecular complexity index is 1070. The van der Waals surface area contributed by atoms with Crippen molar-refractivity contribution in [3.8, 4) is 5.75 Å². The smallest absolute Gasteiger partial charge is 0.234 e. The summed E-state index contributed by atoms with van der Waals surface area (Å²) in [5.41, 5.74) is -0.0699. The van der Waals surface area contributed by atoms with E-state index >= 15 is 0 Å². The van der Waals surface area contributed by atoms with Gasteiger partial charge in [0.05, 0.1) is 16.5 Å². The first-order valence-corrected chi connectivity index (χ1v) is 10.6. The van der Waals surface area contributed by atoms with Gasteiger partial charge in [-0.15, -0.1) is 10.2 Å². The molecule has 1 aromatic heterocycles. The molecule has 156 valence electrons. The van der Waals surface area contributed by atoms with Gasteiger partial charge in [0.2, 0.25) is 5.91 Å². The van der Waals surface area contributed by atoms with Crippen LogP contribution in [0.25, 0.3) is 0 Å². The highest BCUT2D eigenvalue weighted by Gasteiger charge is 2.30. The van der Waals surface area contributed by atoms with Crippen molar-refractivity contribution in [2.24, 2.45) is 0 Å². The molecule has 0 aliphatic heterocycles. The molecule has 1 heterocycles. The maximum atomic E-state index is 13.7. The fraction of sp³-hybridized carbons (Fsp3) is 0.250. The van der Waals surface area contributed by atoms with Gasteiger partial charge in [-0.05, 0) is 37.1 Å². The first-order chi connectivity index (χ1) is 14.5. The quantitative estimate of drug-likeness (QED) is 0.496. The fourth-order valence-electron chi connectivity index (χ4n) is 2.82. The Labute approximate surface area is 180 Å². The van der Waals surface area contributed by atoms with Crippen LogP contribution < -0.4 is 10.1 Å². The number of nitrogens with one attached hydrogen (secondary N) is 1. The first kappa shape index (κ1) is 20.6. The number of amides is 1. The Morgan fingerprint density at radius 3 is 2.77 bits per heavy atom. The van der Waals surface area contributed by atoms with E-state index in [1.165, 1.54) is 17.8 Å². The number of thioether (sulfide) groups is 1. The van der Waals surface area contributed by atoms with Crippen LogP contribution in [-0.2, 0) is 11.4 Å². The van der Waals surface area contributed by atoms with Gasteiger partial charge in [-0.2, -0.15) is 0 Å². The van der Waals surface area contributed by atoms with E-state index in [0.29, 0.717) is 21.8 Å². The van der Waals surface area contributed by atoms with Crippen LogP contribution in [0.15, 0.2) is 47.6 Å². The second-order valence-electron chi connectivity index (χ2n) is 6.68. The van der Waals surface area contributed by atoms with Crippen LogP contribution in [0.5, 0.6) is 5.75 Å².